The summed E-state index contributed by atoms with van der Waals surface area (Å²) in [5.74, 6) is 0.744. The van der Waals surface area contributed by atoms with E-state index in [1.54, 1.807) is 14.0 Å². The van der Waals surface area contributed by atoms with Crippen molar-refractivity contribution < 1.29 is 14.3 Å². The summed E-state index contributed by atoms with van der Waals surface area (Å²) in [5, 5.41) is 6.49. The monoisotopic (exact) mass is 381 g/mol. The van der Waals surface area contributed by atoms with Crippen molar-refractivity contribution in [1.82, 2.24) is 10.2 Å². The van der Waals surface area contributed by atoms with Gasteiger partial charge in [0, 0.05) is 31.7 Å². The average Bonchev–Trinajstić information content (AvgIpc) is 2.73. The Balaban J connectivity index is 1.70. The SMILES string of the molecule is COc1ccc(NC(=O)C(NC2CCN(C(C)=O)CC2)c2ccccc2)cc1. The second-order valence-corrected chi connectivity index (χ2v) is 7.01. The quantitative estimate of drug-likeness (QED) is 0.807. The van der Waals surface area contributed by atoms with E-state index in [9.17, 15) is 9.59 Å². The Morgan fingerprint density at radius 2 is 1.68 bits per heavy atom. The lowest BCUT2D eigenvalue weighted by Crippen LogP contribution is -2.47. The summed E-state index contributed by atoms with van der Waals surface area (Å²) in [5.41, 5.74) is 1.64. The molecule has 0 saturated carbocycles. The number of amides is 2. The fourth-order valence-electron chi connectivity index (χ4n) is 3.45. The molecule has 6 nitrogen and oxygen atoms in total. The molecule has 0 spiro atoms. The Morgan fingerprint density at radius 3 is 2.25 bits per heavy atom. The first-order valence-electron chi connectivity index (χ1n) is 9.58. The Bertz CT molecular complexity index is 784. The third kappa shape index (κ3) is 5.10. The van der Waals surface area contributed by atoms with Gasteiger partial charge in [-0.15, -0.1) is 0 Å². The molecule has 0 aromatic heterocycles. The van der Waals surface area contributed by atoms with Gasteiger partial charge >= 0.3 is 0 Å². The molecule has 1 saturated heterocycles. The van der Waals surface area contributed by atoms with Crippen molar-refractivity contribution in [3.63, 3.8) is 0 Å². The largest absolute Gasteiger partial charge is 0.497 e. The van der Waals surface area contributed by atoms with Crippen LogP contribution in [0.15, 0.2) is 54.6 Å². The molecule has 6 heteroatoms. The number of ether oxygens (including phenoxy) is 1. The number of hydrogen-bond donors (Lipinski definition) is 2. The standard InChI is InChI=1S/C22H27N3O3/c1-16(26)25-14-12-19(13-15-25)23-21(17-6-4-3-5-7-17)22(27)24-18-8-10-20(28-2)11-9-18/h3-11,19,21,23H,12-15H2,1-2H3,(H,24,27). The van der Waals surface area contributed by atoms with Crippen LogP contribution >= 0.6 is 0 Å². The molecule has 148 valence electrons. The van der Waals surface area contributed by atoms with Gasteiger partial charge in [-0.3, -0.25) is 14.9 Å². The number of piperidine rings is 1. The van der Waals surface area contributed by atoms with Gasteiger partial charge in [-0.2, -0.15) is 0 Å². The summed E-state index contributed by atoms with van der Waals surface area (Å²) in [4.78, 5) is 26.4. The molecule has 1 atom stereocenters. The Labute approximate surface area is 165 Å². The fourth-order valence-corrected chi connectivity index (χ4v) is 3.45. The van der Waals surface area contributed by atoms with Crippen LogP contribution in [0.3, 0.4) is 0 Å². The molecule has 28 heavy (non-hydrogen) atoms. The minimum atomic E-state index is -0.461. The number of nitrogens with zero attached hydrogens (tertiary/aromatic N) is 1. The van der Waals surface area contributed by atoms with Crippen LogP contribution in [0.25, 0.3) is 0 Å². The lowest BCUT2D eigenvalue weighted by atomic mass is 10.00. The molecule has 0 radical (unpaired) electrons. The first-order valence-corrected chi connectivity index (χ1v) is 9.58. The van der Waals surface area contributed by atoms with Gasteiger partial charge in [-0.25, -0.2) is 0 Å². The smallest absolute Gasteiger partial charge is 0.246 e. The zero-order chi connectivity index (χ0) is 19.9. The molecule has 0 aliphatic carbocycles. The number of methoxy groups -OCH3 is 1. The molecule has 1 unspecified atom stereocenters. The highest BCUT2D eigenvalue weighted by atomic mass is 16.5. The van der Waals surface area contributed by atoms with E-state index >= 15 is 0 Å². The zero-order valence-corrected chi connectivity index (χ0v) is 16.4. The Hall–Kier alpha value is -2.86. The van der Waals surface area contributed by atoms with Gasteiger partial charge < -0.3 is 15.0 Å². The van der Waals surface area contributed by atoms with Gasteiger partial charge in [0.15, 0.2) is 0 Å². The highest BCUT2D eigenvalue weighted by molar-refractivity contribution is 5.95. The minimum absolute atomic E-state index is 0.106. The van der Waals surface area contributed by atoms with E-state index in [1.807, 2.05) is 59.5 Å². The molecule has 2 amide bonds. The fraction of sp³-hybridized carbons (Fsp3) is 0.364. The molecule has 1 heterocycles. The molecule has 2 aromatic carbocycles. The van der Waals surface area contributed by atoms with Crippen molar-refractivity contribution in [2.45, 2.75) is 31.8 Å². The van der Waals surface area contributed by atoms with Crippen molar-refractivity contribution in [3.05, 3.63) is 60.2 Å². The Kier molecular flexibility index (Phi) is 6.66. The third-order valence-corrected chi connectivity index (χ3v) is 5.10. The average molecular weight is 381 g/mol. The van der Waals surface area contributed by atoms with Gasteiger partial charge in [0.25, 0.3) is 0 Å². The number of carbonyl (C=O) groups is 2. The van der Waals surface area contributed by atoms with Crippen molar-refractivity contribution in [3.8, 4) is 5.75 Å². The van der Waals surface area contributed by atoms with Crippen LogP contribution in [-0.4, -0.2) is 43.0 Å². The first kappa shape index (κ1) is 19.9. The van der Waals surface area contributed by atoms with Crippen molar-refractivity contribution in [2.24, 2.45) is 0 Å². The molecule has 2 N–H and O–H groups in total. The maximum atomic E-state index is 13.0. The summed E-state index contributed by atoms with van der Waals surface area (Å²) in [6, 6.07) is 16.7. The zero-order valence-electron chi connectivity index (χ0n) is 16.4. The highest BCUT2D eigenvalue weighted by Crippen LogP contribution is 2.21. The third-order valence-electron chi connectivity index (χ3n) is 5.10. The summed E-state index contributed by atoms with van der Waals surface area (Å²) in [6.45, 7) is 3.03. The van der Waals surface area contributed by atoms with Gasteiger partial charge in [0.1, 0.15) is 11.8 Å². The second kappa shape index (κ2) is 9.37. The molecular weight excluding hydrogens is 354 g/mol. The van der Waals surface area contributed by atoms with E-state index in [0.717, 1.165) is 29.8 Å². The summed E-state index contributed by atoms with van der Waals surface area (Å²) in [6.07, 6.45) is 1.66. The molecule has 2 aromatic rings. The summed E-state index contributed by atoms with van der Waals surface area (Å²) >= 11 is 0. The summed E-state index contributed by atoms with van der Waals surface area (Å²) in [7, 11) is 1.61. The lowest BCUT2D eigenvalue weighted by molar-refractivity contribution is -0.130. The van der Waals surface area contributed by atoms with Crippen LogP contribution in [0, 0.1) is 0 Å². The topological polar surface area (TPSA) is 70.7 Å². The normalized spacial score (nSPS) is 15.7. The molecule has 1 aliphatic heterocycles. The number of carbonyl (C=O) groups excluding carboxylic acids is 2. The van der Waals surface area contributed by atoms with Crippen LogP contribution in [0.4, 0.5) is 5.69 Å². The number of anilines is 1. The van der Waals surface area contributed by atoms with E-state index in [0.29, 0.717) is 13.1 Å². The predicted molar refractivity (Wildman–Crippen MR) is 109 cm³/mol. The predicted octanol–water partition coefficient (Wildman–Crippen LogP) is 2.98. The second-order valence-electron chi connectivity index (χ2n) is 7.01. The van der Waals surface area contributed by atoms with Crippen LogP contribution in [0.1, 0.15) is 31.4 Å². The van der Waals surface area contributed by atoms with E-state index in [-0.39, 0.29) is 17.9 Å². The highest BCUT2D eigenvalue weighted by Gasteiger charge is 2.27. The molecule has 1 fully saturated rings. The number of nitrogens with one attached hydrogen (secondary N) is 2. The first-order chi connectivity index (χ1) is 13.6. The van der Waals surface area contributed by atoms with Crippen LogP contribution in [0.5, 0.6) is 5.75 Å². The van der Waals surface area contributed by atoms with Crippen molar-refractivity contribution in [1.29, 1.82) is 0 Å². The maximum absolute atomic E-state index is 13.0. The molecule has 1 aliphatic rings. The molecule has 3 rings (SSSR count). The lowest BCUT2D eigenvalue weighted by Gasteiger charge is -2.34. The number of likely N-dealkylation sites (tertiary alicyclic amines) is 1. The van der Waals surface area contributed by atoms with E-state index in [4.69, 9.17) is 4.74 Å². The van der Waals surface area contributed by atoms with Gasteiger partial charge in [-0.05, 0) is 42.7 Å². The summed E-state index contributed by atoms with van der Waals surface area (Å²) < 4.78 is 5.16. The van der Waals surface area contributed by atoms with E-state index < -0.39 is 6.04 Å². The number of hydrogen-bond acceptors (Lipinski definition) is 4. The molecular formula is C22H27N3O3. The van der Waals surface area contributed by atoms with Gasteiger partial charge in [0.2, 0.25) is 11.8 Å². The van der Waals surface area contributed by atoms with Crippen molar-refractivity contribution >= 4 is 17.5 Å². The van der Waals surface area contributed by atoms with Crippen molar-refractivity contribution in [2.75, 3.05) is 25.5 Å². The van der Waals surface area contributed by atoms with Crippen LogP contribution < -0.4 is 15.4 Å². The van der Waals surface area contributed by atoms with Crippen LogP contribution in [0.2, 0.25) is 0 Å². The minimum Gasteiger partial charge on any atom is -0.497 e. The van der Waals surface area contributed by atoms with Gasteiger partial charge in [0.05, 0.1) is 7.11 Å². The molecule has 0 bridgehead atoms. The van der Waals surface area contributed by atoms with E-state index in [1.165, 1.54) is 0 Å². The van der Waals surface area contributed by atoms with E-state index in [2.05, 4.69) is 10.6 Å². The Morgan fingerprint density at radius 1 is 1.04 bits per heavy atom. The van der Waals surface area contributed by atoms with Crippen LogP contribution in [-0.2, 0) is 9.59 Å². The number of rotatable bonds is 6. The maximum Gasteiger partial charge on any atom is 0.246 e. The van der Waals surface area contributed by atoms with Gasteiger partial charge in [-0.1, -0.05) is 30.3 Å². The number of benzene rings is 2.